The number of rotatable bonds is 3. The van der Waals surface area contributed by atoms with Crippen molar-refractivity contribution in [3.63, 3.8) is 0 Å². The van der Waals surface area contributed by atoms with Gasteiger partial charge in [-0.15, -0.1) is 0 Å². The van der Waals surface area contributed by atoms with Crippen LogP contribution in [0.3, 0.4) is 0 Å². The largest absolute Gasteiger partial charge is 0.380 e. The lowest BCUT2D eigenvalue weighted by molar-refractivity contribution is 1.08. The molecule has 2 aromatic carbocycles. The van der Waals surface area contributed by atoms with Crippen molar-refractivity contribution in [2.45, 2.75) is 27.3 Å². The number of anilines is 1. The zero-order valence-corrected chi connectivity index (χ0v) is 12.7. The summed E-state index contributed by atoms with van der Waals surface area (Å²) in [7, 11) is 0. The molecule has 2 nitrogen and oxygen atoms in total. The summed E-state index contributed by atoms with van der Waals surface area (Å²) in [6.07, 6.45) is 0. The lowest BCUT2D eigenvalue weighted by Crippen LogP contribution is -2.05. The van der Waals surface area contributed by atoms with E-state index in [-0.39, 0.29) is 0 Å². The van der Waals surface area contributed by atoms with Crippen molar-refractivity contribution in [2.24, 2.45) is 0 Å². The highest BCUT2D eigenvalue weighted by molar-refractivity contribution is 6.30. The summed E-state index contributed by atoms with van der Waals surface area (Å²) < 4.78 is 0. The summed E-state index contributed by atoms with van der Waals surface area (Å²) in [5.74, 6) is 0. The maximum absolute atomic E-state index is 9.12. The average Bonchev–Trinajstić information content (AvgIpc) is 2.37. The van der Waals surface area contributed by atoms with E-state index in [0.717, 1.165) is 5.69 Å². The Kier molecular flexibility index (Phi) is 4.32. The Morgan fingerprint density at radius 2 is 1.75 bits per heavy atom. The third kappa shape index (κ3) is 3.12. The van der Waals surface area contributed by atoms with E-state index >= 15 is 0 Å². The van der Waals surface area contributed by atoms with E-state index in [1.54, 1.807) is 18.2 Å². The van der Waals surface area contributed by atoms with E-state index < -0.39 is 0 Å². The number of nitrogens with zero attached hydrogens (tertiary/aromatic N) is 1. The van der Waals surface area contributed by atoms with Crippen LogP contribution in [0.25, 0.3) is 0 Å². The Morgan fingerprint density at radius 3 is 2.35 bits per heavy atom. The molecule has 0 amide bonds. The lowest BCUT2D eigenvalue weighted by atomic mass is 9.99. The van der Waals surface area contributed by atoms with E-state index in [4.69, 9.17) is 16.9 Å². The highest BCUT2D eigenvalue weighted by atomic mass is 35.5. The molecule has 0 spiro atoms. The molecule has 20 heavy (non-hydrogen) atoms. The molecule has 0 fully saturated rings. The second-order valence-corrected chi connectivity index (χ2v) is 5.47. The molecule has 0 aromatic heterocycles. The molecule has 1 N–H and O–H groups in total. The smallest absolute Gasteiger partial charge is 0.101 e. The van der Waals surface area contributed by atoms with Gasteiger partial charge in [-0.3, -0.25) is 0 Å². The molecule has 0 aliphatic rings. The van der Waals surface area contributed by atoms with E-state index in [1.165, 1.54) is 22.3 Å². The highest BCUT2D eigenvalue weighted by Gasteiger charge is 2.06. The first-order chi connectivity index (χ1) is 9.51. The van der Waals surface area contributed by atoms with Crippen LogP contribution in [0.1, 0.15) is 27.8 Å². The molecule has 2 rings (SSSR count). The van der Waals surface area contributed by atoms with Crippen LogP contribution >= 0.6 is 11.6 Å². The molecule has 102 valence electrons. The molecule has 0 bridgehead atoms. The van der Waals surface area contributed by atoms with Crippen LogP contribution in [0.2, 0.25) is 5.02 Å². The van der Waals surface area contributed by atoms with Crippen LogP contribution in [0.5, 0.6) is 0 Å². The van der Waals surface area contributed by atoms with Gasteiger partial charge in [-0.1, -0.05) is 29.3 Å². The molecule has 0 saturated heterocycles. The number of nitriles is 1. The predicted molar refractivity (Wildman–Crippen MR) is 84.1 cm³/mol. The number of hydrogen-bond acceptors (Lipinski definition) is 2. The standard InChI is InChI=1S/C17H17ClN2/c1-11-6-12(2)16(13(3)7-11)10-20-17-8-15(18)5-4-14(17)9-19/h4-8,20H,10H2,1-3H3. The number of hydrogen-bond donors (Lipinski definition) is 1. The fourth-order valence-corrected chi connectivity index (χ4v) is 2.60. The summed E-state index contributed by atoms with van der Waals surface area (Å²) >= 11 is 5.99. The Balaban J connectivity index is 2.26. The Bertz CT molecular complexity index is 661. The molecule has 0 unspecified atom stereocenters. The third-order valence-electron chi connectivity index (χ3n) is 3.40. The van der Waals surface area contributed by atoms with Crippen molar-refractivity contribution < 1.29 is 0 Å². The molecule has 0 atom stereocenters. The van der Waals surface area contributed by atoms with Crippen molar-refractivity contribution in [3.8, 4) is 6.07 Å². The SMILES string of the molecule is Cc1cc(C)c(CNc2cc(Cl)ccc2C#N)c(C)c1. The Hall–Kier alpha value is -1.98. The minimum atomic E-state index is 0.608. The molecule has 2 aromatic rings. The summed E-state index contributed by atoms with van der Waals surface area (Å²) in [6, 6.07) is 11.8. The number of benzene rings is 2. The van der Waals surface area contributed by atoms with Crippen molar-refractivity contribution in [1.82, 2.24) is 0 Å². The molecule has 0 aliphatic carbocycles. The average molecular weight is 285 g/mol. The molecule has 3 heteroatoms. The highest BCUT2D eigenvalue weighted by Crippen LogP contribution is 2.23. The third-order valence-corrected chi connectivity index (χ3v) is 3.63. The van der Waals surface area contributed by atoms with Crippen molar-refractivity contribution >= 4 is 17.3 Å². The lowest BCUT2D eigenvalue weighted by Gasteiger charge is -2.14. The van der Waals surface area contributed by atoms with Crippen molar-refractivity contribution in [2.75, 3.05) is 5.32 Å². The first-order valence-corrected chi connectivity index (χ1v) is 6.89. The summed E-state index contributed by atoms with van der Waals surface area (Å²) in [6.45, 7) is 7.01. The van der Waals surface area contributed by atoms with Gasteiger partial charge in [-0.25, -0.2) is 0 Å². The predicted octanol–water partition coefficient (Wildman–Crippen LogP) is 4.75. The van der Waals surface area contributed by atoms with Gasteiger partial charge in [0.05, 0.1) is 11.3 Å². The molecule has 0 aliphatic heterocycles. The van der Waals surface area contributed by atoms with Crippen LogP contribution in [0, 0.1) is 32.1 Å². The van der Waals surface area contributed by atoms with Gasteiger partial charge < -0.3 is 5.32 Å². The van der Waals surface area contributed by atoms with E-state index in [9.17, 15) is 0 Å². The van der Waals surface area contributed by atoms with Crippen LogP contribution < -0.4 is 5.32 Å². The zero-order valence-electron chi connectivity index (χ0n) is 11.9. The minimum absolute atomic E-state index is 0.608. The molecular weight excluding hydrogens is 268 g/mol. The van der Waals surface area contributed by atoms with E-state index in [2.05, 4.69) is 44.3 Å². The van der Waals surface area contributed by atoms with Gasteiger partial charge in [0.15, 0.2) is 0 Å². The second-order valence-electron chi connectivity index (χ2n) is 5.03. The Morgan fingerprint density at radius 1 is 1.10 bits per heavy atom. The quantitative estimate of drug-likeness (QED) is 0.883. The van der Waals surface area contributed by atoms with Crippen LogP contribution in [-0.4, -0.2) is 0 Å². The fraction of sp³-hybridized carbons (Fsp3) is 0.235. The van der Waals surface area contributed by atoms with Gasteiger partial charge in [0.1, 0.15) is 6.07 Å². The van der Waals surface area contributed by atoms with Gasteiger partial charge in [0, 0.05) is 11.6 Å². The first kappa shape index (κ1) is 14.4. The minimum Gasteiger partial charge on any atom is -0.380 e. The molecule has 0 saturated carbocycles. The van der Waals surface area contributed by atoms with Crippen LogP contribution in [-0.2, 0) is 6.54 Å². The van der Waals surface area contributed by atoms with Gasteiger partial charge in [0.2, 0.25) is 0 Å². The summed E-state index contributed by atoms with van der Waals surface area (Å²) in [5.41, 5.74) is 6.44. The monoisotopic (exact) mass is 284 g/mol. The number of halogens is 1. The Labute approximate surface area is 125 Å². The maximum atomic E-state index is 9.12. The first-order valence-electron chi connectivity index (χ1n) is 6.51. The number of aryl methyl sites for hydroxylation is 3. The second kappa shape index (κ2) is 5.98. The molecular formula is C17H17ClN2. The van der Waals surface area contributed by atoms with Gasteiger partial charge >= 0.3 is 0 Å². The number of nitrogens with one attached hydrogen (secondary N) is 1. The normalized spacial score (nSPS) is 10.2. The van der Waals surface area contributed by atoms with Gasteiger partial charge in [-0.2, -0.15) is 5.26 Å². The summed E-state index contributed by atoms with van der Waals surface area (Å²) in [5, 5.41) is 13.1. The topological polar surface area (TPSA) is 35.8 Å². The molecule has 0 heterocycles. The maximum Gasteiger partial charge on any atom is 0.101 e. The van der Waals surface area contributed by atoms with Crippen molar-refractivity contribution in [1.29, 1.82) is 5.26 Å². The van der Waals surface area contributed by atoms with Gasteiger partial charge in [-0.05, 0) is 55.7 Å². The summed E-state index contributed by atoms with van der Waals surface area (Å²) in [4.78, 5) is 0. The van der Waals surface area contributed by atoms with Crippen molar-refractivity contribution in [3.05, 3.63) is 63.2 Å². The van der Waals surface area contributed by atoms with Gasteiger partial charge in [0.25, 0.3) is 0 Å². The van der Waals surface area contributed by atoms with Crippen LogP contribution in [0.4, 0.5) is 5.69 Å². The fourth-order valence-electron chi connectivity index (χ4n) is 2.43. The van der Waals surface area contributed by atoms with E-state index in [1.807, 2.05) is 0 Å². The molecule has 0 radical (unpaired) electrons. The zero-order chi connectivity index (χ0) is 14.7. The van der Waals surface area contributed by atoms with E-state index in [0.29, 0.717) is 17.1 Å². The van der Waals surface area contributed by atoms with Crippen LogP contribution in [0.15, 0.2) is 30.3 Å².